The van der Waals surface area contributed by atoms with Crippen LogP contribution in [0, 0.1) is 5.82 Å². The number of nitrogens with two attached hydrogens (primary N) is 1. The van der Waals surface area contributed by atoms with Crippen LogP contribution in [0.15, 0.2) is 24.3 Å². The number of aliphatic hydroxyl groups is 1. The summed E-state index contributed by atoms with van der Waals surface area (Å²) in [5, 5.41) is 11.8. The number of nitrogens with one attached hydrogen (secondary N) is 1. The van der Waals surface area contributed by atoms with Crippen LogP contribution < -0.4 is 11.1 Å². The molecule has 4 N–H and O–H groups in total. The molecule has 0 heterocycles. The van der Waals surface area contributed by atoms with Gasteiger partial charge in [-0.3, -0.25) is 0 Å². The first-order valence-electron chi connectivity index (χ1n) is 5.04. The van der Waals surface area contributed by atoms with E-state index in [4.69, 9.17) is 10.8 Å². The summed E-state index contributed by atoms with van der Waals surface area (Å²) in [4.78, 5) is 0. The molecule has 15 heavy (non-hydrogen) atoms. The summed E-state index contributed by atoms with van der Waals surface area (Å²) in [6, 6.07) is 6.31. The quantitative estimate of drug-likeness (QED) is 0.593. The highest BCUT2D eigenvalue weighted by Gasteiger charge is 1.99. The van der Waals surface area contributed by atoms with E-state index in [1.165, 1.54) is 12.1 Å². The van der Waals surface area contributed by atoms with Crippen molar-refractivity contribution in [1.82, 2.24) is 5.32 Å². The highest BCUT2D eigenvalue weighted by molar-refractivity contribution is 5.16. The molecule has 0 saturated carbocycles. The fourth-order valence-corrected chi connectivity index (χ4v) is 1.28. The van der Waals surface area contributed by atoms with Crippen molar-refractivity contribution in [1.29, 1.82) is 0 Å². The minimum Gasteiger partial charge on any atom is -0.395 e. The Morgan fingerprint density at radius 1 is 1.47 bits per heavy atom. The summed E-state index contributed by atoms with van der Waals surface area (Å²) in [5.41, 5.74) is 6.46. The van der Waals surface area contributed by atoms with Crippen LogP contribution in [0.4, 0.5) is 4.39 Å². The van der Waals surface area contributed by atoms with Gasteiger partial charge in [-0.1, -0.05) is 12.1 Å². The van der Waals surface area contributed by atoms with Gasteiger partial charge in [0.2, 0.25) is 0 Å². The lowest BCUT2D eigenvalue weighted by molar-refractivity contribution is 0.262. The monoisotopic (exact) mass is 212 g/mol. The third-order valence-electron chi connectivity index (χ3n) is 2.12. The van der Waals surface area contributed by atoms with E-state index in [2.05, 4.69) is 5.32 Å². The molecule has 1 aromatic rings. The Morgan fingerprint density at radius 2 is 2.27 bits per heavy atom. The average Bonchev–Trinajstić information content (AvgIpc) is 2.24. The molecule has 1 atom stereocenters. The van der Waals surface area contributed by atoms with Crippen molar-refractivity contribution in [2.24, 2.45) is 5.73 Å². The van der Waals surface area contributed by atoms with Crippen molar-refractivity contribution in [3.63, 3.8) is 0 Å². The van der Waals surface area contributed by atoms with Crippen LogP contribution in [-0.2, 0) is 6.42 Å². The van der Waals surface area contributed by atoms with Gasteiger partial charge in [0.15, 0.2) is 0 Å². The van der Waals surface area contributed by atoms with E-state index >= 15 is 0 Å². The minimum atomic E-state index is -0.225. The Bertz CT molecular complexity index is 294. The molecule has 0 spiro atoms. The molecule has 0 aliphatic rings. The molecule has 0 aliphatic carbocycles. The molecule has 4 heteroatoms. The Labute approximate surface area is 89.1 Å². The number of benzene rings is 1. The summed E-state index contributed by atoms with van der Waals surface area (Å²) in [6.07, 6.45) is 0.760. The van der Waals surface area contributed by atoms with Gasteiger partial charge in [-0.25, -0.2) is 4.39 Å². The van der Waals surface area contributed by atoms with Crippen molar-refractivity contribution < 1.29 is 9.50 Å². The molecule has 0 radical (unpaired) electrons. The maximum absolute atomic E-state index is 12.8. The molecule has 1 rings (SSSR count). The Kier molecular flexibility index (Phi) is 5.25. The largest absolute Gasteiger partial charge is 0.395 e. The minimum absolute atomic E-state index is 0.0209. The molecular formula is C11H17FN2O. The second-order valence-corrected chi connectivity index (χ2v) is 3.53. The average molecular weight is 212 g/mol. The molecule has 0 saturated heterocycles. The zero-order chi connectivity index (χ0) is 11.1. The molecule has 0 aromatic heterocycles. The fourth-order valence-electron chi connectivity index (χ4n) is 1.28. The first kappa shape index (κ1) is 12.1. The molecule has 1 aromatic carbocycles. The van der Waals surface area contributed by atoms with Gasteiger partial charge < -0.3 is 16.2 Å². The SMILES string of the molecule is NC(CO)CNCCc1cccc(F)c1. The van der Waals surface area contributed by atoms with Gasteiger partial charge in [0.05, 0.1) is 6.61 Å². The second kappa shape index (κ2) is 6.50. The predicted octanol–water partition coefficient (Wildman–Crippen LogP) is 0.277. The molecular weight excluding hydrogens is 195 g/mol. The lowest BCUT2D eigenvalue weighted by Crippen LogP contribution is -2.37. The van der Waals surface area contributed by atoms with Gasteiger partial charge in [0, 0.05) is 12.6 Å². The molecule has 0 amide bonds. The third kappa shape index (κ3) is 4.88. The van der Waals surface area contributed by atoms with Gasteiger partial charge in [-0.15, -0.1) is 0 Å². The molecule has 1 unspecified atom stereocenters. The van der Waals surface area contributed by atoms with Gasteiger partial charge in [0.1, 0.15) is 5.82 Å². The highest BCUT2D eigenvalue weighted by Crippen LogP contribution is 2.03. The molecule has 0 bridgehead atoms. The zero-order valence-corrected chi connectivity index (χ0v) is 8.62. The van der Waals surface area contributed by atoms with Crippen LogP contribution >= 0.6 is 0 Å². The molecule has 0 aliphatic heterocycles. The first-order chi connectivity index (χ1) is 7.22. The maximum atomic E-state index is 12.8. The second-order valence-electron chi connectivity index (χ2n) is 3.53. The van der Waals surface area contributed by atoms with Crippen molar-refractivity contribution in [3.05, 3.63) is 35.6 Å². The van der Waals surface area contributed by atoms with Crippen LogP contribution in [0.5, 0.6) is 0 Å². The number of hydrogen-bond donors (Lipinski definition) is 3. The predicted molar refractivity (Wildman–Crippen MR) is 58.0 cm³/mol. The summed E-state index contributed by atoms with van der Waals surface area (Å²) in [7, 11) is 0. The number of halogens is 1. The highest BCUT2D eigenvalue weighted by atomic mass is 19.1. The number of hydrogen-bond acceptors (Lipinski definition) is 3. The van der Waals surface area contributed by atoms with Crippen LogP contribution in [-0.4, -0.2) is 30.8 Å². The van der Waals surface area contributed by atoms with Crippen molar-refractivity contribution in [3.8, 4) is 0 Å². The van der Waals surface area contributed by atoms with E-state index in [1.807, 2.05) is 6.07 Å². The van der Waals surface area contributed by atoms with Gasteiger partial charge in [0.25, 0.3) is 0 Å². The van der Waals surface area contributed by atoms with Crippen LogP contribution in [0.25, 0.3) is 0 Å². The van der Waals surface area contributed by atoms with Crippen molar-refractivity contribution in [2.45, 2.75) is 12.5 Å². The van der Waals surface area contributed by atoms with E-state index in [0.717, 1.165) is 18.5 Å². The lowest BCUT2D eigenvalue weighted by Gasteiger charge is -2.09. The third-order valence-corrected chi connectivity index (χ3v) is 2.12. The van der Waals surface area contributed by atoms with E-state index in [0.29, 0.717) is 6.54 Å². The summed E-state index contributed by atoms with van der Waals surface area (Å²) >= 11 is 0. The van der Waals surface area contributed by atoms with E-state index < -0.39 is 0 Å². The lowest BCUT2D eigenvalue weighted by atomic mass is 10.1. The van der Waals surface area contributed by atoms with Crippen LogP contribution in [0.3, 0.4) is 0 Å². The molecule has 3 nitrogen and oxygen atoms in total. The fraction of sp³-hybridized carbons (Fsp3) is 0.455. The normalized spacial score (nSPS) is 12.7. The Balaban J connectivity index is 2.20. The Morgan fingerprint density at radius 3 is 2.93 bits per heavy atom. The molecule has 84 valence electrons. The summed E-state index contributed by atoms with van der Waals surface area (Å²) in [5.74, 6) is -0.209. The first-order valence-corrected chi connectivity index (χ1v) is 5.04. The van der Waals surface area contributed by atoms with Gasteiger partial charge >= 0.3 is 0 Å². The number of rotatable bonds is 6. The Hall–Kier alpha value is -0.970. The number of aliphatic hydroxyl groups excluding tert-OH is 1. The van der Waals surface area contributed by atoms with E-state index in [9.17, 15) is 4.39 Å². The van der Waals surface area contributed by atoms with E-state index in [-0.39, 0.29) is 18.5 Å². The summed E-state index contributed by atoms with van der Waals surface area (Å²) in [6.45, 7) is 1.29. The standard InChI is InChI=1S/C11H17FN2O/c12-10-3-1-2-9(6-10)4-5-14-7-11(13)8-15/h1-3,6,11,14-15H,4-5,7-8,13H2. The summed E-state index contributed by atoms with van der Waals surface area (Å²) < 4.78 is 12.8. The van der Waals surface area contributed by atoms with Crippen molar-refractivity contribution in [2.75, 3.05) is 19.7 Å². The molecule has 0 fully saturated rings. The van der Waals surface area contributed by atoms with Crippen LogP contribution in [0.2, 0.25) is 0 Å². The van der Waals surface area contributed by atoms with Crippen LogP contribution in [0.1, 0.15) is 5.56 Å². The topological polar surface area (TPSA) is 58.3 Å². The van der Waals surface area contributed by atoms with Crippen molar-refractivity contribution >= 4 is 0 Å². The maximum Gasteiger partial charge on any atom is 0.123 e. The van der Waals surface area contributed by atoms with E-state index in [1.54, 1.807) is 6.07 Å². The van der Waals surface area contributed by atoms with Gasteiger partial charge in [-0.2, -0.15) is 0 Å². The smallest absolute Gasteiger partial charge is 0.123 e. The zero-order valence-electron chi connectivity index (χ0n) is 8.62. The van der Waals surface area contributed by atoms with Gasteiger partial charge in [-0.05, 0) is 30.7 Å².